The predicted molar refractivity (Wildman–Crippen MR) is 111 cm³/mol. The first-order valence-electron chi connectivity index (χ1n) is 9.24. The second-order valence-corrected chi connectivity index (χ2v) is 7.33. The molecule has 0 atom stereocenters. The molecule has 148 valence electrons. The van der Waals surface area contributed by atoms with Crippen LogP contribution >= 0.6 is 11.8 Å². The standard InChI is InChI=1S/C22H20N2O4S/c1-4-14-6-7-17-16(10-20(25)28-19(17)8-14)12-29-21-15(11-23)9-18(13(3)24-21)22(26)27-5-2/h6-10H,4-5,12H2,1-3H3. The fraction of sp³-hybridized carbons (Fsp3) is 0.273. The third-order valence-electron chi connectivity index (χ3n) is 4.46. The van der Waals surface area contributed by atoms with Gasteiger partial charge in [-0.15, -0.1) is 11.8 Å². The summed E-state index contributed by atoms with van der Waals surface area (Å²) >= 11 is 1.34. The van der Waals surface area contributed by atoms with Gasteiger partial charge in [0.2, 0.25) is 0 Å². The van der Waals surface area contributed by atoms with Crippen molar-refractivity contribution >= 4 is 28.7 Å². The van der Waals surface area contributed by atoms with Gasteiger partial charge in [-0.25, -0.2) is 14.6 Å². The number of aryl methyl sites for hydroxylation is 2. The number of nitrogens with zero attached hydrogens (tertiary/aromatic N) is 2. The zero-order valence-electron chi connectivity index (χ0n) is 16.4. The van der Waals surface area contributed by atoms with Crippen molar-refractivity contribution in [1.29, 1.82) is 5.26 Å². The number of rotatable bonds is 6. The van der Waals surface area contributed by atoms with Crippen LogP contribution in [0.3, 0.4) is 0 Å². The molecule has 0 aliphatic heterocycles. The topological polar surface area (TPSA) is 93.2 Å². The van der Waals surface area contributed by atoms with Crippen LogP contribution in [0.2, 0.25) is 0 Å². The van der Waals surface area contributed by atoms with Crippen molar-refractivity contribution in [2.45, 2.75) is 38.0 Å². The molecule has 3 rings (SSSR count). The lowest BCUT2D eigenvalue weighted by Gasteiger charge is -2.10. The molecule has 1 aromatic carbocycles. The minimum Gasteiger partial charge on any atom is -0.462 e. The molecular formula is C22H20N2O4S. The molecule has 0 unspecified atom stereocenters. The maximum absolute atomic E-state index is 12.0. The number of hydrogen-bond acceptors (Lipinski definition) is 7. The highest BCUT2D eigenvalue weighted by atomic mass is 32.2. The molecule has 3 aromatic rings. The third kappa shape index (κ3) is 4.49. The Bertz CT molecular complexity index is 1180. The van der Waals surface area contributed by atoms with Gasteiger partial charge in [0.1, 0.15) is 16.7 Å². The smallest absolute Gasteiger partial charge is 0.340 e. The van der Waals surface area contributed by atoms with E-state index in [0.29, 0.717) is 27.6 Å². The number of carbonyl (C=O) groups is 1. The van der Waals surface area contributed by atoms with Crippen LogP contribution < -0.4 is 5.63 Å². The molecule has 0 aliphatic carbocycles. The summed E-state index contributed by atoms with van der Waals surface area (Å²) in [5.41, 5.74) is 3.11. The van der Waals surface area contributed by atoms with Gasteiger partial charge in [-0.3, -0.25) is 0 Å². The van der Waals surface area contributed by atoms with E-state index in [-0.39, 0.29) is 12.2 Å². The zero-order chi connectivity index (χ0) is 21.0. The van der Waals surface area contributed by atoms with Gasteiger partial charge in [0.25, 0.3) is 0 Å². The number of carbonyl (C=O) groups excluding carboxylic acids is 1. The summed E-state index contributed by atoms with van der Waals surface area (Å²) < 4.78 is 10.4. The minimum atomic E-state index is -0.496. The molecule has 0 amide bonds. The van der Waals surface area contributed by atoms with Crippen molar-refractivity contribution in [1.82, 2.24) is 4.98 Å². The third-order valence-corrected chi connectivity index (χ3v) is 5.50. The van der Waals surface area contributed by atoms with E-state index in [9.17, 15) is 14.9 Å². The van der Waals surface area contributed by atoms with E-state index in [0.717, 1.165) is 22.9 Å². The Morgan fingerprint density at radius 2 is 2.07 bits per heavy atom. The molecule has 0 aliphatic rings. The lowest BCUT2D eigenvalue weighted by Crippen LogP contribution is -2.09. The molecule has 2 heterocycles. The molecule has 0 bridgehead atoms. The van der Waals surface area contributed by atoms with E-state index in [1.54, 1.807) is 13.8 Å². The SMILES string of the molecule is CCOC(=O)c1cc(C#N)c(SCc2cc(=O)oc3cc(CC)ccc23)nc1C. The zero-order valence-corrected chi connectivity index (χ0v) is 17.3. The monoisotopic (exact) mass is 408 g/mol. The van der Waals surface area contributed by atoms with Crippen molar-refractivity contribution in [3.05, 3.63) is 68.7 Å². The Morgan fingerprint density at radius 3 is 2.76 bits per heavy atom. The summed E-state index contributed by atoms with van der Waals surface area (Å²) in [6.45, 7) is 5.72. The Morgan fingerprint density at radius 1 is 1.28 bits per heavy atom. The molecule has 6 nitrogen and oxygen atoms in total. The van der Waals surface area contributed by atoms with Crippen LogP contribution in [0.4, 0.5) is 0 Å². The quantitative estimate of drug-likeness (QED) is 0.339. The van der Waals surface area contributed by atoms with Crippen molar-refractivity contribution < 1.29 is 13.9 Å². The van der Waals surface area contributed by atoms with Gasteiger partial charge in [0.15, 0.2) is 0 Å². The number of esters is 1. The first-order chi connectivity index (χ1) is 14.0. The summed E-state index contributed by atoms with van der Waals surface area (Å²) in [5, 5.41) is 10.9. The molecule has 0 saturated heterocycles. The minimum absolute atomic E-state index is 0.250. The Kier molecular flexibility index (Phi) is 6.35. The fourth-order valence-electron chi connectivity index (χ4n) is 2.95. The number of nitriles is 1. The average molecular weight is 408 g/mol. The number of thioether (sulfide) groups is 1. The number of aromatic nitrogens is 1. The number of benzene rings is 1. The van der Waals surface area contributed by atoms with E-state index < -0.39 is 11.6 Å². The molecule has 29 heavy (non-hydrogen) atoms. The molecule has 7 heteroatoms. The van der Waals surface area contributed by atoms with E-state index in [1.807, 2.05) is 25.1 Å². The second-order valence-electron chi connectivity index (χ2n) is 6.37. The lowest BCUT2D eigenvalue weighted by atomic mass is 10.1. The molecule has 0 saturated carbocycles. The Hall–Kier alpha value is -3.11. The predicted octanol–water partition coefficient (Wildman–Crippen LogP) is 4.40. The van der Waals surface area contributed by atoms with Gasteiger partial charge >= 0.3 is 11.6 Å². The first-order valence-corrected chi connectivity index (χ1v) is 10.2. The molecular weight excluding hydrogens is 388 g/mol. The van der Waals surface area contributed by atoms with Gasteiger partial charge in [-0.2, -0.15) is 5.26 Å². The van der Waals surface area contributed by atoms with Crippen molar-refractivity contribution in [3.8, 4) is 6.07 Å². The molecule has 0 N–H and O–H groups in total. The summed E-state index contributed by atoms with van der Waals surface area (Å²) in [6, 6.07) is 10.9. The lowest BCUT2D eigenvalue weighted by molar-refractivity contribution is 0.0524. The molecule has 0 spiro atoms. The normalized spacial score (nSPS) is 10.7. The Labute approximate surface area is 172 Å². The van der Waals surface area contributed by atoms with Gasteiger partial charge in [0, 0.05) is 17.2 Å². The van der Waals surface area contributed by atoms with Gasteiger partial charge in [0.05, 0.1) is 23.4 Å². The van der Waals surface area contributed by atoms with E-state index in [2.05, 4.69) is 11.1 Å². The summed E-state index contributed by atoms with van der Waals surface area (Å²) in [5.74, 6) is -0.0584. The van der Waals surface area contributed by atoms with Crippen molar-refractivity contribution in [2.24, 2.45) is 0 Å². The van der Waals surface area contributed by atoms with E-state index >= 15 is 0 Å². The molecule has 0 fully saturated rings. The summed E-state index contributed by atoms with van der Waals surface area (Å²) in [6.07, 6.45) is 0.847. The highest BCUT2D eigenvalue weighted by molar-refractivity contribution is 7.98. The summed E-state index contributed by atoms with van der Waals surface area (Å²) in [7, 11) is 0. The molecule has 0 radical (unpaired) electrons. The van der Waals surface area contributed by atoms with Crippen LogP contribution in [0.25, 0.3) is 11.0 Å². The maximum Gasteiger partial charge on any atom is 0.340 e. The van der Waals surface area contributed by atoms with Crippen LogP contribution in [0.5, 0.6) is 0 Å². The number of ether oxygens (including phenoxy) is 1. The maximum atomic E-state index is 12.0. The van der Waals surface area contributed by atoms with Crippen LogP contribution in [0.1, 0.15) is 46.6 Å². The van der Waals surface area contributed by atoms with Crippen molar-refractivity contribution in [2.75, 3.05) is 6.61 Å². The Balaban J connectivity index is 1.94. The number of hydrogen-bond donors (Lipinski definition) is 0. The fourth-order valence-corrected chi connectivity index (χ4v) is 3.94. The number of pyridine rings is 1. The highest BCUT2D eigenvalue weighted by Gasteiger charge is 2.17. The highest BCUT2D eigenvalue weighted by Crippen LogP contribution is 2.29. The summed E-state index contributed by atoms with van der Waals surface area (Å²) in [4.78, 5) is 28.4. The van der Waals surface area contributed by atoms with Gasteiger partial charge in [-0.1, -0.05) is 19.1 Å². The first kappa shape index (κ1) is 20.6. The number of fused-ring (bicyclic) bond motifs is 1. The second kappa shape index (κ2) is 8.93. The van der Waals surface area contributed by atoms with Crippen LogP contribution in [0.15, 0.2) is 44.6 Å². The molecule has 2 aromatic heterocycles. The van der Waals surface area contributed by atoms with Crippen LogP contribution in [-0.2, 0) is 16.9 Å². The van der Waals surface area contributed by atoms with E-state index in [4.69, 9.17) is 9.15 Å². The van der Waals surface area contributed by atoms with Crippen molar-refractivity contribution in [3.63, 3.8) is 0 Å². The van der Waals surface area contributed by atoms with Crippen LogP contribution in [0, 0.1) is 18.3 Å². The van der Waals surface area contributed by atoms with Gasteiger partial charge < -0.3 is 9.15 Å². The van der Waals surface area contributed by atoms with Crippen LogP contribution in [-0.4, -0.2) is 17.6 Å². The largest absolute Gasteiger partial charge is 0.462 e. The average Bonchev–Trinajstić information content (AvgIpc) is 2.71. The van der Waals surface area contributed by atoms with E-state index in [1.165, 1.54) is 23.9 Å². The van der Waals surface area contributed by atoms with Gasteiger partial charge in [-0.05, 0) is 43.5 Å².